The van der Waals surface area contributed by atoms with E-state index < -0.39 is 0 Å². The number of rotatable bonds is 8. The van der Waals surface area contributed by atoms with E-state index in [9.17, 15) is 4.79 Å². The zero-order valence-electron chi connectivity index (χ0n) is 11.4. The fraction of sp³-hybridized carbons (Fsp3) is 0.462. The van der Waals surface area contributed by atoms with E-state index in [2.05, 4.69) is 19.9 Å². The van der Waals surface area contributed by atoms with Gasteiger partial charge in [-0.1, -0.05) is 0 Å². The van der Waals surface area contributed by atoms with Crippen LogP contribution < -0.4 is 5.32 Å². The number of imidazole rings is 1. The number of esters is 1. The Morgan fingerprint density at radius 2 is 2.40 bits per heavy atom. The average Bonchev–Trinajstić information content (AvgIpc) is 3.09. The van der Waals surface area contributed by atoms with Crippen molar-refractivity contribution >= 4 is 22.3 Å². The summed E-state index contributed by atoms with van der Waals surface area (Å²) in [5, 5.41) is 4.03. The van der Waals surface area contributed by atoms with Crippen molar-refractivity contribution in [3.8, 4) is 0 Å². The second-order valence-electron chi connectivity index (χ2n) is 4.18. The molecule has 0 aliphatic heterocycles. The fourth-order valence-corrected chi connectivity index (χ4v) is 2.45. The van der Waals surface area contributed by atoms with Gasteiger partial charge in [0.05, 0.1) is 18.4 Å². The quantitative estimate of drug-likeness (QED) is 0.598. The number of hydrogen-bond acceptors (Lipinski definition) is 6. The predicted octanol–water partition coefficient (Wildman–Crippen LogP) is 2.41. The smallest absolute Gasteiger partial charge is 0.360 e. The maximum atomic E-state index is 11.6. The lowest BCUT2D eigenvalue weighted by Crippen LogP contribution is -2.10. The molecule has 0 amide bonds. The molecule has 20 heavy (non-hydrogen) atoms. The number of nitrogens with one attached hydrogen (secondary N) is 1. The summed E-state index contributed by atoms with van der Waals surface area (Å²) < 4.78 is 7.01. The second kappa shape index (κ2) is 7.64. The highest BCUT2D eigenvalue weighted by atomic mass is 32.1. The molecule has 7 heteroatoms. The molecule has 1 N–H and O–H groups in total. The molecule has 2 aromatic heterocycles. The van der Waals surface area contributed by atoms with E-state index in [-0.39, 0.29) is 5.97 Å². The molecule has 2 rings (SSSR count). The number of aromatic nitrogens is 3. The molecule has 108 valence electrons. The van der Waals surface area contributed by atoms with Crippen LogP contribution in [0, 0.1) is 0 Å². The zero-order valence-corrected chi connectivity index (χ0v) is 12.2. The first kappa shape index (κ1) is 14.5. The standard InChI is InChI=1S/C13H18N4O2S/c1-2-19-13(18)11-12(20-10-16-11)15-5-3-4-7-17-8-6-14-9-17/h6,8-10,15H,2-5,7H2,1H3. The van der Waals surface area contributed by atoms with Gasteiger partial charge in [-0.3, -0.25) is 0 Å². The summed E-state index contributed by atoms with van der Waals surface area (Å²) in [6.07, 6.45) is 7.61. The SMILES string of the molecule is CCOC(=O)c1ncsc1NCCCCn1ccnc1. The Kier molecular flexibility index (Phi) is 5.55. The Hall–Kier alpha value is -1.89. The molecular formula is C13H18N4O2S. The van der Waals surface area contributed by atoms with Crippen LogP contribution in [-0.4, -0.2) is 33.7 Å². The number of carbonyl (C=O) groups is 1. The van der Waals surface area contributed by atoms with E-state index in [0.29, 0.717) is 12.3 Å². The molecule has 6 nitrogen and oxygen atoms in total. The minimum atomic E-state index is -0.366. The van der Waals surface area contributed by atoms with Gasteiger partial charge in [-0.05, 0) is 19.8 Å². The predicted molar refractivity (Wildman–Crippen MR) is 78.0 cm³/mol. The van der Waals surface area contributed by atoms with Gasteiger partial charge in [0, 0.05) is 25.5 Å². The van der Waals surface area contributed by atoms with Gasteiger partial charge in [0.2, 0.25) is 0 Å². The first-order valence-electron chi connectivity index (χ1n) is 6.61. The highest BCUT2D eigenvalue weighted by molar-refractivity contribution is 7.14. The van der Waals surface area contributed by atoms with Crippen LogP contribution in [0.25, 0.3) is 0 Å². The summed E-state index contributed by atoms with van der Waals surface area (Å²) in [6.45, 7) is 3.91. The van der Waals surface area contributed by atoms with E-state index in [1.54, 1.807) is 18.6 Å². The van der Waals surface area contributed by atoms with E-state index >= 15 is 0 Å². The van der Waals surface area contributed by atoms with Gasteiger partial charge in [-0.15, -0.1) is 11.3 Å². The molecule has 0 saturated heterocycles. The molecule has 2 heterocycles. The Morgan fingerprint density at radius 3 is 3.15 bits per heavy atom. The van der Waals surface area contributed by atoms with Crippen LogP contribution in [0.1, 0.15) is 30.3 Å². The first-order chi connectivity index (χ1) is 9.81. The summed E-state index contributed by atoms with van der Waals surface area (Å²) in [5.41, 5.74) is 2.03. The Labute approximate surface area is 121 Å². The van der Waals surface area contributed by atoms with Gasteiger partial charge in [-0.2, -0.15) is 0 Å². The van der Waals surface area contributed by atoms with Crippen molar-refractivity contribution in [2.24, 2.45) is 0 Å². The molecular weight excluding hydrogens is 276 g/mol. The highest BCUT2D eigenvalue weighted by Gasteiger charge is 2.15. The minimum Gasteiger partial charge on any atom is -0.461 e. The van der Waals surface area contributed by atoms with Crippen molar-refractivity contribution in [2.75, 3.05) is 18.5 Å². The average molecular weight is 294 g/mol. The number of hydrogen-bond donors (Lipinski definition) is 1. The maximum absolute atomic E-state index is 11.6. The maximum Gasteiger partial charge on any atom is 0.360 e. The molecule has 0 saturated carbocycles. The molecule has 0 fully saturated rings. The Morgan fingerprint density at radius 1 is 1.50 bits per heavy atom. The van der Waals surface area contributed by atoms with Crippen molar-refractivity contribution in [1.29, 1.82) is 0 Å². The number of unbranched alkanes of at least 4 members (excludes halogenated alkanes) is 1. The largest absolute Gasteiger partial charge is 0.461 e. The molecule has 0 radical (unpaired) electrons. The third-order valence-electron chi connectivity index (χ3n) is 2.72. The fourth-order valence-electron chi connectivity index (χ4n) is 1.76. The van der Waals surface area contributed by atoms with Crippen LogP contribution >= 0.6 is 11.3 Å². The lowest BCUT2D eigenvalue weighted by Gasteiger charge is -2.06. The number of nitrogens with zero attached hydrogens (tertiary/aromatic N) is 3. The van der Waals surface area contributed by atoms with E-state index in [0.717, 1.165) is 30.9 Å². The molecule has 0 spiro atoms. The summed E-state index contributed by atoms with van der Waals surface area (Å²) in [4.78, 5) is 19.7. The van der Waals surface area contributed by atoms with Gasteiger partial charge >= 0.3 is 5.97 Å². The van der Waals surface area contributed by atoms with Gasteiger partial charge in [-0.25, -0.2) is 14.8 Å². The van der Waals surface area contributed by atoms with Crippen LogP contribution in [0.2, 0.25) is 0 Å². The van der Waals surface area contributed by atoms with Gasteiger partial charge in [0.15, 0.2) is 5.69 Å². The molecule has 0 bridgehead atoms. The monoisotopic (exact) mass is 294 g/mol. The second-order valence-corrected chi connectivity index (χ2v) is 5.04. The van der Waals surface area contributed by atoms with Gasteiger partial charge in [0.1, 0.15) is 5.00 Å². The number of ether oxygens (including phenoxy) is 1. The van der Waals surface area contributed by atoms with Crippen molar-refractivity contribution in [1.82, 2.24) is 14.5 Å². The molecule has 0 aliphatic carbocycles. The molecule has 0 aromatic carbocycles. The third-order valence-corrected chi connectivity index (χ3v) is 3.51. The normalized spacial score (nSPS) is 10.4. The van der Waals surface area contributed by atoms with Crippen LogP contribution in [-0.2, 0) is 11.3 Å². The Balaban J connectivity index is 1.71. The Bertz CT molecular complexity index is 524. The van der Waals surface area contributed by atoms with Crippen LogP contribution in [0.15, 0.2) is 24.2 Å². The summed E-state index contributed by atoms with van der Waals surface area (Å²) in [5.74, 6) is -0.366. The topological polar surface area (TPSA) is 69.0 Å². The van der Waals surface area contributed by atoms with Crippen molar-refractivity contribution < 1.29 is 9.53 Å². The zero-order chi connectivity index (χ0) is 14.2. The number of aryl methyl sites for hydroxylation is 1. The van der Waals surface area contributed by atoms with Crippen LogP contribution in [0.5, 0.6) is 0 Å². The summed E-state index contributed by atoms with van der Waals surface area (Å²) in [6, 6.07) is 0. The third kappa shape index (κ3) is 4.06. The molecule has 0 aliphatic rings. The number of thiazole rings is 1. The van der Waals surface area contributed by atoms with Crippen LogP contribution in [0.3, 0.4) is 0 Å². The minimum absolute atomic E-state index is 0.362. The number of anilines is 1. The lowest BCUT2D eigenvalue weighted by molar-refractivity contribution is 0.0521. The van der Waals surface area contributed by atoms with Crippen molar-refractivity contribution in [2.45, 2.75) is 26.3 Å². The summed E-state index contributed by atoms with van der Waals surface area (Å²) >= 11 is 1.42. The molecule has 2 aromatic rings. The highest BCUT2D eigenvalue weighted by Crippen LogP contribution is 2.21. The number of carbonyl (C=O) groups excluding carboxylic acids is 1. The van der Waals surface area contributed by atoms with E-state index in [1.807, 2.05) is 12.5 Å². The van der Waals surface area contributed by atoms with E-state index in [1.165, 1.54) is 11.3 Å². The van der Waals surface area contributed by atoms with Crippen LogP contribution in [0.4, 0.5) is 5.00 Å². The summed E-state index contributed by atoms with van der Waals surface area (Å²) in [7, 11) is 0. The first-order valence-corrected chi connectivity index (χ1v) is 7.49. The van der Waals surface area contributed by atoms with Crippen molar-refractivity contribution in [3.05, 3.63) is 29.9 Å². The van der Waals surface area contributed by atoms with E-state index in [4.69, 9.17) is 4.74 Å². The van der Waals surface area contributed by atoms with Crippen molar-refractivity contribution in [3.63, 3.8) is 0 Å². The van der Waals surface area contributed by atoms with Gasteiger partial charge in [0.25, 0.3) is 0 Å². The van der Waals surface area contributed by atoms with Gasteiger partial charge < -0.3 is 14.6 Å². The molecule has 0 unspecified atom stereocenters. The molecule has 0 atom stereocenters. The lowest BCUT2D eigenvalue weighted by atomic mass is 10.3.